The summed E-state index contributed by atoms with van der Waals surface area (Å²) in [4.78, 5) is 72.7. The van der Waals surface area contributed by atoms with Gasteiger partial charge in [-0.25, -0.2) is 9.59 Å². The fraction of sp³-hybridized carbons (Fsp3) is 0.821. The molecule has 0 aliphatic rings. The van der Waals surface area contributed by atoms with Crippen molar-refractivity contribution >= 4 is 35.8 Å². The molecular formula is C56H102N2O14+2. The third-order valence-corrected chi connectivity index (χ3v) is 12.3. The molecule has 0 aromatic heterocycles. The number of hydrogen-bond donors (Lipinski definition) is 2. The summed E-state index contributed by atoms with van der Waals surface area (Å²) in [5, 5.41) is 21.8. The third kappa shape index (κ3) is 41.6. The Morgan fingerprint density at radius 2 is 0.806 bits per heavy atom. The summed E-state index contributed by atoms with van der Waals surface area (Å²) in [6, 6.07) is 0. The van der Waals surface area contributed by atoms with Gasteiger partial charge in [-0.1, -0.05) is 109 Å². The van der Waals surface area contributed by atoms with Crippen LogP contribution < -0.4 is 0 Å². The SMILES string of the molecule is CCCCCC(OC(=O)C[N+](C)(C)CCOC(C)=O)C(O)CC=CCCCCCCCC(=O)OCCOC(=O)CCCCCCCC=CCC(O)C(CCCCC)OC(=O)C[N+](C)(C)CCOC(=O)CCC. The van der Waals surface area contributed by atoms with Crippen LogP contribution in [0.3, 0.4) is 0 Å². The molecule has 0 spiro atoms. The number of quaternary nitrogens is 2. The zero-order valence-corrected chi connectivity index (χ0v) is 46.3. The van der Waals surface area contributed by atoms with Crippen molar-refractivity contribution in [3.8, 4) is 0 Å². The standard InChI is InChI=1S/C56H102N2O14/c1-9-12-26-35-50(71-55(65)45-57(5,6)39-41-67-47(4)59)48(60)33-28-22-18-14-16-20-24-30-37-53(63)69-43-44-70-54(64)38-31-25-21-17-15-19-23-29-34-49(61)51(36-27-13-10-2)72-56(66)46-58(7,8)40-42-68-52(62)32-11-3/h22-23,28-29,48-51,60-61H,9-21,24-27,30-46H2,1-8H3/q+2. The van der Waals surface area contributed by atoms with Crippen LogP contribution in [0.15, 0.2) is 24.3 Å². The lowest BCUT2D eigenvalue weighted by molar-refractivity contribution is -0.883. The van der Waals surface area contributed by atoms with E-state index in [0.29, 0.717) is 67.0 Å². The Bertz CT molecular complexity index is 1520. The van der Waals surface area contributed by atoms with Crippen molar-refractivity contribution in [1.82, 2.24) is 0 Å². The van der Waals surface area contributed by atoms with Crippen molar-refractivity contribution in [1.29, 1.82) is 0 Å². The molecule has 0 saturated carbocycles. The molecule has 4 atom stereocenters. The maximum Gasteiger partial charge on any atom is 0.362 e. The van der Waals surface area contributed by atoms with Crippen LogP contribution in [0.25, 0.3) is 0 Å². The van der Waals surface area contributed by atoms with Gasteiger partial charge in [0, 0.05) is 26.2 Å². The highest BCUT2D eigenvalue weighted by molar-refractivity contribution is 5.72. The molecule has 16 heteroatoms. The van der Waals surface area contributed by atoms with E-state index in [1.807, 2.05) is 47.3 Å². The summed E-state index contributed by atoms with van der Waals surface area (Å²) >= 11 is 0. The van der Waals surface area contributed by atoms with E-state index < -0.39 is 24.4 Å². The number of aliphatic hydroxyl groups excluding tert-OH is 2. The summed E-state index contributed by atoms with van der Waals surface area (Å²) in [6.07, 6.45) is 26.0. The lowest BCUT2D eigenvalue weighted by Crippen LogP contribution is -2.48. The highest BCUT2D eigenvalue weighted by Crippen LogP contribution is 2.18. The van der Waals surface area contributed by atoms with Crippen molar-refractivity contribution in [2.45, 2.75) is 219 Å². The summed E-state index contributed by atoms with van der Waals surface area (Å²) in [5.74, 6) is -1.92. The van der Waals surface area contributed by atoms with Crippen LogP contribution in [0.5, 0.6) is 0 Å². The Hall–Kier alpha value is -3.86. The van der Waals surface area contributed by atoms with Crippen molar-refractivity contribution < 1.29 is 76.4 Å². The zero-order valence-electron chi connectivity index (χ0n) is 46.3. The smallest absolute Gasteiger partial charge is 0.362 e. The number of allylic oxidation sites excluding steroid dienone is 2. The second-order valence-corrected chi connectivity index (χ2v) is 20.6. The molecule has 0 aromatic rings. The lowest BCUT2D eigenvalue weighted by atomic mass is 10.0. The van der Waals surface area contributed by atoms with Gasteiger partial charge in [-0.05, 0) is 83.5 Å². The van der Waals surface area contributed by atoms with E-state index in [1.54, 1.807) is 0 Å². The molecule has 4 unspecified atom stereocenters. The number of carbonyl (C=O) groups excluding carboxylic acids is 6. The monoisotopic (exact) mass is 1030 g/mol. The van der Waals surface area contributed by atoms with Gasteiger partial charge in [-0.3, -0.25) is 19.2 Å². The number of likely N-dealkylation sites (N-methyl/N-ethyl adjacent to an activating group) is 2. The van der Waals surface area contributed by atoms with Gasteiger partial charge in [0.15, 0.2) is 13.1 Å². The van der Waals surface area contributed by atoms with E-state index in [0.717, 1.165) is 122 Å². The Balaban J connectivity index is 4.15. The molecule has 2 N–H and O–H groups in total. The van der Waals surface area contributed by atoms with Crippen molar-refractivity contribution in [3.05, 3.63) is 24.3 Å². The number of ether oxygens (including phenoxy) is 6. The Morgan fingerprint density at radius 3 is 1.21 bits per heavy atom. The molecule has 0 saturated heterocycles. The van der Waals surface area contributed by atoms with Gasteiger partial charge in [-0.15, -0.1) is 0 Å². The topological polar surface area (TPSA) is 198 Å². The molecule has 0 rings (SSSR count). The van der Waals surface area contributed by atoms with Gasteiger partial charge in [0.2, 0.25) is 0 Å². The lowest BCUT2D eigenvalue weighted by Gasteiger charge is -2.30. The molecule has 0 aliphatic heterocycles. The molecule has 72 heavy (non-hydrogen) atoms. The van der Waals surface area contributed by atoms with Crippen LogP contribution in [-0.2, 0) is 57.2 Å². The predicted octanol–water partition coefficient (Wildman–Crippen LogP) is 9.19. The molecule has 418 valence electrons. The average molecular weight is 1030 g/mol. The van der Waals surface area contributed by atoms with Gasteiger partial charge in [-0.2, -0.15) is 0 Å². The maximum absolute atomic E-state index is 12.9. The highest BCUT2D eigenvalue weighted by atomic mass is 16.6. The van der Waals surface area contributed by atoms with Crippen LogP contribution in [0.1, 0.15) is 195 Å². The molecule has 0 aliphatic carbocycles. The molecule has 0 amide bonds. The number of esters is 6. The molecule has 0 fully saturated rings. The van der Waals surface area contributed by atoms with Crippen LogP contribution in [0.4, 0.5) is 0 Å². The Kier molecular flexibility index (Phi) is 41.2. The van der Waals surface area contributed by atoms with E-state index in [9.17, 15) is 39.0 Å². The number of unbranched alkanes of at least 4 members (excludes halogenated alkanes) is 14. The second-order valence-electron chi connectivity index (χ2n) is 20.6. The van der Waals surface area contributed by atoms with Gasteiger partial charge >= 0.3 is 35.8 Å². The maximum atomic E-state index is 12.9. The minimum atomic E-state index is -0.789. The summed E-state index contributed by atoms with van der Waals surface area (Å²) < 4.78 is 33.0. The normalized spacial score (nSPS) is 13.6. The number of carbonyl (C=O) groups is 6. The average Bonchev–Trinajstić information content (AvgIpc) is 3.30. The van der Waals surface area contributed by atoms with Crippen molar-refractivity contribution in [2.75, 3.05) is 80.8 Å². The van der Waals surface area contributed by atoms with Crippen LogP contribution in [0, 0.1) is 0 Å². The molecule has 0 aromatic carbocycles. The van der Waals surface area contributed by atoms with Gasteiger partial charge in [0.05, 0.1) is 40.4 Å². The quantitative estimate of drug-likeness (QED) is 0.0192. The minimum absolute atomic E-state index is 0.0529. The van der Waals surface area contributed by atoms with Gasteiger partial charge in [0.25, 0.3) is 0 Å². The van der Waals surface area contributed by atoms with E-state index in [4.69, 9.17) is 28.4 Å². The van der Waals surface area contributed by atoms with E-state index in [-0.39, 0.29) is 75.3 Å². The summed E-state index contributed by atoms with van der Waals surface area (Å²) in [7, 11) is 7.53. The predicted molar refractivity (Wildman–Crippen MR) is 280 cm³/mol. The highest BCUT2D eigenvalue weighted by Gasteiger charge is 2.29. The van der Waals surface area contributed by atoms with Gasteiger partial charge < -0.3 is 47.6 Å². The molecular weight excluding hydrogens is 925 g/mol. The van der Waals surface area contributed by atoms with E-state index in [1.165, 1.54) is 6.92 Å². The van der Waals surface area contributed by atoms with Gasteiger partial charge in [0.1, 0.15) is 51.7 Å². The number of rotatable bonds is 47. The van der Waals surface area contributed by atoms with Crippen LogP contribution >= 0.6 is 0 Å². The second kappa shape index (κ2) is 43.5. The summed E-state index contributed by atoms with van der Waals surface area (Å²) in [5.41, 5.74) is 0. The molecule has 0 heterocycles. The molecule has 0 radical (unpaired) electrons. The third-order valence-electron chi connectivity index (χ3n) is 12.3. The van der Waals surface area contributed by atoms with Crippen LogP contribution in [-0.4, -0.2) is 160 Å². The Labute approximate surface area is 435 Å². The number of aliphatic hydroxyl groups is 2. The fourth-order valence-electron chi connectivity index (χ4n) is 7.83. The first-order valence-electron chi connectivity index (χ1n) is 27.6. The summed E-state index contributed by atoms with van der Waals surface area (Å²) in [6.45, 7) is 9.25. The van der Waals surface area contributed by atoms with E-state index >= 15 is 0 Å². The largest absolute Gasteiger partial charge is 0.462 e. The van der Waals surface area contributed by atoms with Crippen molar-refractivity contribution in [3.63, 3.8) is 0 Å². The molecule has 0 bridgehead atoms. The first-order valence-corrected chi connectivity index (χ1v) is 27.6. The minimum Gasteiger partial charge on any atom is -0.462 e. The fourth-order valence-corrected chi connectivity index (χ4v) is 7.83. The number of hydrogen-bond acceptors (Lipinski definition) is 14. The zero-order chi connectivity index (χ0) is 53.9. The first kappa shape index (κ1) is 68.1. The Morgan fingerprint density at radius 1 is 0.431 bits per heavy atom. The molecule has 16 nitrogen and oxygen atoms in total. The first-order chi connectivity index (χ1) is 34.3. The van der Waals surface area contributed by atoms with Crippen LogP contribution in [0.2, 0.25) is 0 Å². The number of nitrogens with zero attached hydrogens (tertiary/aromatic N) is 2. The van der Waals surface area contributed by atoms with E-state index in [2.05, 4.69) is 26.0 Å². The van der Waals surface area contributed by atoms with Crippen molar-refractivity contribution in [2.24, 2.45) is 0 Å².